The van der Waals surface area contributed by atoms with Gasteiger partial charge in [-0.1, -0.05) is 21.4 Å². The lowest BCUT2D eigenvalue weighted by Crippen LogP contribution is -2.42. The molecule has 1 radical (unpaired) electrons. The number of aryl methyl sites for hydroxylation is 1. The van der Waals surface area contributed by atoms with Crippen LogP contribution in [0.5, 0.6) is 0 Å². The summed E-state index contributed by atoms with van der Waals surface area (Å²) in [4.78, 5) is 13.0. The van der Waals surface area contributed by atoms with Crippen molar-refractivity contribution in [1.29, 1.82) is 2.61 Å². The smallest absolute Gasteiger partial charge is 0.165 e. The molecule has 0 spiro atoms. The van der Waals surface area contributed by atoms with E-state index in [1.165, 1.54) is 6.33 Å². The first-order valence-corrected chi connectivity index (χ1v) is 9.99. The topological polar surface area (TPSA) is 74.1 Å². The van der Waals surface area contributed by atoms with Gasteiger partial charge in [-0.15, -0.1) is 0 Å². The molecule has 10 heteroatoms. The summed E-state index contributed by atoms with van der Waals surface area (Å²) < 4.78 is 35.9. The number of fused-ring (bicyclic) bond motifs is 1. The Morgan fingerprint density at radius 3 is 3.42 bits per heavy atom. The second-order valence-corrected chi connectivity index (χ2v) is 7.33. The maximum absolute atomic E-state index is 7.61. The average Bonchev–Trinajstić information content (AvgIpc) is 3.22. The van der Waals surface area contributed by atoms with Gasteiger partial charge in [0.2, 0.25) is 0 Å². The van der Waals surface area contributed by atoms with Crippen molar-refractivity contribution in [3.8, 4) is 0 Å². The van der Waals surface area contributed by atoms with E-state index in [-0.39, 0.29) is 31.2 Å². The van der Waals surface area contributed by atoms with Crippen LogP contribution in [0.1, 0.15) is 27.1 Å². The molecule has 24 heavy (non-hydrogen) atoms. The van der Waals surface area contributed by atoms with Crippen molar-refractivity contribution in [2.24, 2.45) is 5.92 Å². The second kappa shape index (κ2) is 8.10. The first-order chi connectivity index (χ1) is 13.1. The average molecular weight is 371 g/mol. The molecule has 1 aliphatic heterocycles. The van der Waals surface area contributed by atoms with Gasteiger partial charge < -0.3 is 14.2 Å². The molecular weight excluding hydrogens is 344 g/mol. The summed E-state index contributed by atoms with van der Waals surface area (Å²) in [6.45, 7) is 5.13. The third kappa shape index (κ3) is 3.46. The van der Waals surface area contributed by atoms with Crippen molar-refractivity contribution in [2.75, 3.05) is 13.2 Å². The lowest BCUT2D eigenvalue weighted by molar-refractivity contribution is -0.0247. The van der Waals surface area contributed by atoms with E-state index in [2.05, 4.69) is 27.2 Å². The van der Waals surface area contributed by atoms with Gasteiger partial charge in [0.25, 0.3) is 0 Å². The van der Waals surface area contributed by atoms with Gasteiger partial charge in [0, 0.05) is 25.0 Å². The van der Waals surface area contributed by atoms with Gasteiger partial charge in [-0.05, 0) is 14.8 Å². The number of hydrogen-bond donors (Lipinski definition) is 1. The Balaban J connectivity index is 1.78. The number of aromatic nitrogens is 4. The van der Waals surface area contributed by atoms with Crippen molar-refractivity contribution < 1.29 is 10.3 Å². The Kier molecular flexibility index (Phi) is 4.88. The molecule has 5 atom stereocenters. The minimum atomic E-state index is -1.36. The lowest BCUT2D eigenvalue weighted by atomic mass is 9.99. The van der Waals surface area contributed by atoms with Crippen LogP contribution < -0.4 is 5.32 Å². The third-order valence-electron chi connectivity index (χ3n) is 4.25. The zero-order valence-electron chi connectivity index (χ0n) is 16.6. The molecule has 2 aromatic rings. The Labute approximate surface area is 152 Å². The molecule has 1 saturated heterocycles. The highest BCUT2D eigenvalue weighted by atomic mass is 32.7. The van der Waals surface area contributed by atoms with E-state index in [0.29, 0.717) is 13.2 Å². The SMILES string of the molecule is [2H]P([B][3H])SOC[C@H]1O[C@@H](n2cnc3c(C)ncnc32)C(C)[C@H]1NCC[3H]. The number of likely N-dealkylation sites (N-methyl/N-ethyl adjacent to an activating group) is 1. The Bertz CT molecular complexity index is 763. The summed E-state index contributed by atoms with van der Waals surface area (Å²) in [5, 5.41) is 3.38. The maximum atomic E-state index is 7.61. The molecule has 129 valence electrons. The Morgan fingerprint density at radius 1 is 1.67 bits per heavy atom. The van der Waals surface area contributed by atoms with Crippen molar-refractivity contribution in [3.05, 3.63) is 18.3 Å². The van der Waals surface area contributed by atoms with Gasteiger partial charge in [0.1, 0.15) is 31.7 Å². The molecule has 7 nitrogen and oxygen atoms in total. The Hall–Kier alpha value is -0.725. The third-order valence-corrected chi connectivity index (χ3v) is 5.16. The fourth-order valence-electron chi connectivity index (χ4n) is 3.13. The maximum Gasteiger partial charge on any atom is 0.165 e. The van der Waals surface area contributed by atoms with Crippen molar-refractivity contribution in [1.82, 2.24) is 24.8 Å². The van der Waals surface area contributed by atoms with E-state index in [9.17, 15) is 0 Å². The fourth-order valence-corrected chi connectivity index (χ4v) is 3.75. The summed E-state index contributed by atoms with van der Waals surface area (Å²) >= 11 is 0.997. The molecule has 1 N–H and O–H groups in total. The number of hydrogen-bond acceptors (Lipinski definition) is 7. The normalized spacial score (nSPS) is 30.0. The molecule has 0 saturated carbocycles. The van der Waals surface area contributed by atoms with E-state index >= 15 is 0 Å². The van der Waals surface area contributed by atoms with E-state index in [1.54, 1.807) is 6.33 Å². The fraction of sp³-hybridized carbons (Fsp3) is 0.643. The van der Waals surface area contributed by atoms with Crippen LogP contribution >= 0.6 is 19.3 Å². The first kappa shape index (κ1) is 14.4. The van der Waals surface area contributed by atoms with Crippen LogP contribution in [0.3, 0.4) is 0 Å². The standard InChI is InChI=1S/C14H22BN5O2PS/c1-4-16-11-8(2)14(22-10(11)5-21-24-23-15)20-7-19-12-9(3)17-6-18-13(12)20/h6-8,10-11,14-16,23H,4-5H2,1-3H3/t8?,10-,11-,14-,23?/m1/s1/i1T,15T,23D. The van der Waals surface area contributed by atoms with E-state index in [4.69, 9.17) is 12.9 Å². The van der Waals surface area contributed by atoms with Gasteiger partial charge in [-0.3, -0.25) is 4.57 Å². The minimum Gasteiger partial charge on any atom is -0.350 e. The molecule has 2 aromatic heterocycles. The summed E-state index contributed by atoms with van der Waals surface area (Å²) in [6, 6.07) is -0.00160. The van der Waals surface area contributed by atoms with Crippen LogP contribution in [0.4, 0.5) is 0 Å². The lowest BCUT2D eigenvalue weighted by Gasteiger charge is -2.21. The van der Waals surface area contributed by atoms with Crippen LogP contribution in [0, 0.1) is 12.8 Å². The summed E-state index contributed by atoms with van der Waals surface area (Å²) in [6.07, 6.45) is 2.74. The molecule has 1 fully saturated rings. The monoisotopic (exact) mass is 371 g/mol. The predicted octanol–water partition coefficient (Wildman–Crippen LogP) is 1.72. The molecule has 3 rings (SSSR count). The molecule has 0 amide bonds. The van der Waals surface area contributed by atoms with Crippen LogP contribution in [-0.4, -0.2) is 55.0 Å². The van der Waals surface area contributed by atoms with Crippen LogP contribution in [-0.2, 0) is 8.92 Å². The Morgan fingerprint density at radius 2 is 2.58 bits per heavy atom. The summed E-state index contributed by atoms with van der Waals surface area (Å²) in [5.41, 5.74) is 2.30. The van der Waals surface area contributed by atoms with E-state index < -0.39 is 7.61 Å². The predicted molar refractivity (Wildman–Crippen MR) is 99.6 cm³/mol. The first-order valence-electron chi connectivity index (χ1n) is 9.41. The molecule has 2 unspecified atom stereocenters. The number of nitrogens with zero attached hydrogens (tertiary/aromatic N) is 4. The molecule has 0 aromatic carbocycles. The largest absolute Gasteiger partial charge is 0.350 e. The summed E-state index contributed by atoms with van der Waals surface area (Å²) in [7, 11) is -0.282. The molecule has 0 aliphatic carbocycles. The second-order valence-electron chi connectivity index (χ2n) is 5.65. The van der Waals surface area contributed by atoms with Crippen molar-refractivity contribution in [3.63, 3.8) is 0 Å². The van der Waals surface area contributed by atoms with Crippen molar-refractivity contribution >= 4 is 38.0 Å². The van der Waals surface area contributed by atoms with Crippen LogP contribution in [0.2, 0.25) is 0 Å². The van der Waals surface area contributed by atoms with E-state index in [1.807, 2.05) is 11.5 Å². The number of ether oxygens (including phenoxy) is 1. The number of imidazole rings is 1. The highest BCUT2D eigenvalue weighted by Crippen LogP contribution is 2.37. The zero-order valence-corrected chi connectivity index (χ0v) is 15.3. The molecular formula is C14H22BN5O2PS. The van der Waals surface area contributed by atoms with Gasteiger partial charge in [0.15, 0.2) is 5.65 Å². The molecule has 3 heterocycles. The summed E-state index contributed by atoms with van der Waals surface area (Å²) in [5.74, 6) is 0.100. The van der Waals surface area contributed by atoms with Gasteiger partial charge in [-0.25, -0.2) is 15.0 Å². The van der Waals surface area contributed by atoms with E-state index in [0.717, 1.165) is 36.0 Å². The zero-order chi connectivity index (χ0) is 19.4. The molecule has 0 bridgehead atoms. The quantitative estimate of drug-likeness (QED) is 0.430. The highest BCUT2D eigenvalue weighted by Gasteiger charge is 2.43. The van der Waals surface area contributed by atoms with Crippen LogP contribution in [0.15, 0.2) is 12.7 Å². The van der Waals surface area contributed by atoms with Gasteiger partial charge in [-0.2, -0.15) is 0 Å². The van der Waals surface area contributed by atoms with Crippen LogP contribution in [0.25, 0.3) is 11.2 Å². The number of rotatable bonds is 8. The van der Waals surface area contributed by atoms with Gasteiger partial charge in [0.05, 0.1) is 19.9 Å². The number of nitrogens with one attached hydrogen (secondary N) is 1. The van der Waals surface area contributed by atoms with Crippen molar-refractivity contribution in [2.45, 2.75) is 39.1 Å². The minimum absolute atomic E-state index is 0.00160. The molecule has 1 aliphatic rings. The highest BCUT2D eigenvalue weighted by molar-refractivity contribution is 8.53. The van der Waals surface area contributed by atoms with Gasteiger partial charge >= 0.3 is 0 Å².